The topological polar surface area (TPSA) is 32.6 Å². The van der Waals surface area contributed by atoms with Gasteiger partial charge in [0.1, 0.15) is 5.82 Å². The van der Waals surface area contributed by atoms with Crippen LogP contribution in [-0.2, 0) is 12.4 Å². The fourth-order valence-corrected chi connectivity index (χ4v) is 11.3. The van der Waals surface area contributed by atoms with Crippen molar-refractivity contribution in [2.45, 2.75) is 12.4 Å². The van der Waals surface area contributed by atoms with E-state index in [0.29, 0.717) is 17.0 Å². The largest absolute Gasteiger partial charge is 0.416 e. The lowest BCUT2D eigenvalue weighted by atomic mass is 9.98. The minimum atomic E-state index is -5.10. The van der Waals surface area contributed by atoms with Gasteiger partial charge in [-0.2, -0.15) is 26.3 Å². The van der Waals surface area contributed by atoms with Crippen molar-refractivity contribution in [3.05, 3.63) is 224 Å². The molecule has 0 saturated carbocycles. The number of alkyl halides is 6. The first kappa shape index (κ1) is 41.8. The van der Waals surface area contributed by atoms with Crippen molar-refractivity contribution in [1.82, 2.24) is 23.3 Å². The van der Waals surface area contributed by atoms with Crippen LogP contribution in [0.25, 0.3) is 121 Å². The van der Waals surface area contributed by atoms with Crippen LogP contribution in [0.5, 0.6) is 0 Å². The Morgan fingerprint density at radius 3 is 1.21 bits per heavy atom. The predicted octanol–water partition coefficient (Wildman–Crippen LogP) is 17.2. The molecule has 0 radical (unpaired) electrons. The van der Waals surface area contributed by atoms with Gasteiger partial charge in [-0.1, -0.05) is 121 Å². The molecule has 0 aliphatic heterocycles. The molecule has 346 valence electrons. The number of nitrogens with zero attached hydrogens (tertiary/aromatic N) is 5. The van der Waals surface area contributed by atoms with Crippen LogP contribution in [0, 0.1) is 0 Å². The second-order valence-corrected chi connectivity index (χ2v) is 18.1. The average Bonchev–Trinajstić information content (AvgIpc) is 4.13. The molecule has 5 heterocycles. The van der Waals surface area contributed by atoms with Crippen molar-refractivity contribution in [3.8, 4) is 34.0 Å². The molecule has 14 rings (SSSR count). The first-order chi connectivity index (χ1) is 35.0. The lowest BCUT2D eigenvalue weighted by molar-refractivity contribution is -0.143. The molecular weight excluding hydrogens is 917 g/mol. The summed E-state index contributed by atoms with van der Waals surface area (Å²) in [6.07, 6.45) is -8.60. The molecule has 0 atom stereocenters. The van der Waals surface area contributed by atoms with Crippen LogP contribution in [0.15, 0.2) is 212 Å². The maximum Gasteiger partial charge on any atom is 0.416 e. The molecule has 11 heteroatoms. The number of aromatic nitrogens is 5. The van der Waals surface area contributed by atoms with E-state index >= 15 is 0 Å². The number of halogens is 6. The van der Waals surface area contributed by atoms with Crippen LogP contribution in [-0.4, -0.2) is 23.3 Å². The highest BCUT2D eigenvalue weighted by molar-refractivity contribution is 6.27. The van der Waals surface area contributed by atoms with Crippen LogP contribution in [0.4, 0.5) is 26.3 Å². The van der Waals surface area contributed by atoms with Gasteiger partial charge in [0.15, 0.2) is 0 Å². The van der Waals surface area contributed by atoms with E-state index in [4.69, 9.17) is 4.98 Å². The van der Waals surface area contributed by atoms with E-state index in [1.54, 1.807) is 12.3 Å². The van der Waals surface area contributed by atoms with Crippen molar-refractivity contribution >= 4 is 87.2 Å². The zero-order chi connectivity index (χ0) is 48.6. The number of hydrogen-bond acceptors (Lipinski definition) is 1. The van der Waals surface area contributed by atoms with Gasteiger partial charge < -0.3 is 13.7 Å². The summed E-state index contributed by atoms with van der Waals surface area (Å²) in [6, 6.07) is 63.4. The molecule has 0 N–H and O–H groups in total. The van der Waals surface area contributed by atoms with Crippen molar-refractivity contribution in [1.29, 1.82) is 0 Å². The standard InChI is InChI=1S/C61H35F6N5/c62-60(63,64)37-31-36(32-38(33-37)61(65,66)67)47-34-55(72-49-24-12-8-20-42(49)44-28-30-53-57(59(44)72)46-22-10-14-26-51(46)70(53)40-17-5-2-6-18-40)68-35-54(47)71-48-23-11-7-19-41(48)43-27-29-52-56(58(43)71)45-21-9-13-25-50(45)69(52)39-15-3-1-4-16-39/h1-35H. The van der Waals surface area contributed by atoms with E-state index in [0.717, 1.165) is 105 Å². The minimum absolute atomic E-state index is 0.118. The number of benzene rings is 9. The number of rotatable bonds is 5. The van der Waals surface area contributed by atoms with Crippen molar-refractivity contribution < 1.29 is 26.3 Å². The predicted molar refractivity (Wildman–Crippen MR) is 277 cm³/mol. The highest BCUT2D eigenvalue weighted by Crippen LogP contribution is 2.47. The van der Waals surface area contributed by atoms with Gasteiger partial charge in [-0.3, -0.25) is 4.57 Å². The molecule has 0 bridgehead atoms. The third kappa shape index (κ3) is 6.06. The Hall–Kier alpha value is -9.09. The summed E-state index contributed by atoms with van der Waals surface area (Å²) >= 11 is 0. The van der Waals surface area contributed by atoms with Crippen LogP contribution >= 0.6 is 0 Å². The molecule has 5 aromatic heterocycles. The molecule has 9 aromatic carbocycles. The van der Waals surface area contributed by atoms with Gasteiger partial charge in [0.2, 0.25) is 0 Å². The summed E-state index contributed by atoms with van der Waals surface area (Å²) in [5.41, 5.74) is 5.83. The molecule has 14 aromatic rings. The zero-order valence-corrected chi connectivity index (χ0v) is 37.7. The number of hydrogen-bond donors (Lipinski definition) is 0. The van der Waals surface area contributed by atoms with E-state index < -0.39 is 23.5 Å². The van der Waals surface area contributed by atoms with E-state index in [-0.39, 0.29) is 17.2 Å². The van der Waals surface area contributed by atoms with E-state index in [9.17, 15) is 26.3 Å². The van der Waals surface area contributed by atoms with Crippen molar-refractivity contribution in [3.63, 3.8) is 0 Å². The molecule has 0 spiro atoms. The number of para-hydroxylation sites is 6. The van der Waals surface area contributed by atoms with Crippen LogP contribution < -0.4 is 0 Å². The Morgan fingerprint density at radius 1 is 0.333 bits per heavy atom. The van der Waals surface area contributed by atoms with Gasteiger partial charge in [-0.15, -0.1) is 0 Å². The number of pyridine rings is 1. The molecule has 0 unspecified atom stereocenters. The Bertz CT molecular complexity index is 4500. The van der Waals surface area contributed by atoms with E-state index in [2.05, 4.69) is 39.5 Å². The maximum absolute atomic E-state index is 15.0. The fraction of sp³-hybridized carbons (Fsp3) is 0.0328. The van der Waals surface area contributed by atoms with Gasteiger partial charge in [-0.05, 0) is 90.5 Å². The van der Waals surface area contributed by atoms with Crippen LogP contribution in [0.2, 0.25) is 0 Å². The highest BCUT2D eigenvalue weighted by atomic mass is 19.4. The summed E-state index contributed by atoms with van der Waals surface area (Å²) in [5.74, 6) is 0.307. The van der Waals surface area contributed by atoms with E-state index in [1.807, 2.05) is 161 Å². The Labute approximate surface area is 405 Å². The highest BCUT2D eigenvalue weighted by Gasteiger charge is 2.38. The Balaban J connectivity index is 1.15. The first-order valence-electron chi connectivity index (χ1n) is 23.3. The van der Waals surface area contributed by atoms with Gasteiger partial charge in [0.25, 0.3) is 0 Å². The quantitative estimate of drug-likeness (QED) is 0.158. The maximum atomic E-state index is 15.0. The molecular formula is C61H35F6N5. The Morgan fingerprint density at radius 2 is 0.736 bits per heavy atom. The summed E-state index contributed by atoms with van der Waals surface area (Å²) in [4.78, 5) is 5.25. The molecule has 72 heavy (non-hydrogen) atoms. The second kappa shape index (κ2) is 15.2. The molecule has 0 saturated heterocycles. The van der Waals surface area contributed by atoms with Crippen LogP contribution in [0.3, 0.4) is 0 Å². The number of fused-ring (bicyclic) bond motifs is 14. The van der Waals surface area contributed by atoms with Gasteiger partial charge >= 0.3 is 12.4 Å². The summed E-state index contributed by atoms with van der Waals surface area (Å²) in [5, 5.41) is 7.14. The second-order valence-electron chi connectivity index (χ2n) is 18.1. The zero-order valence-electron chi connectivity index (χ0n) is 37.7. The lowest BCUT2D eigenvalue weighted by Gasteiger charge is -2.19. The fourth-order valence-electron chi connectivity index (χ4n) is 11.3. The molecule has 0 amide bonds. The summed E-state index contributed by atoms with van der Waals surface area (Å²) in [7, 11) is 0. The SMILES string of the molecule is FC(F)(F)c1cc(-c2cc(-n3c4ccccc4c4ccc5c(c6ccccc6n5-c5ccccc5)c43)ncc2-n2c3ccccc3c3ccc4c(c5ccccc5n4-c4ccccc4)c32)cc(C(F)(F)F)c1. The smallest absolute Gasteiger partial charge is 0.309 e. The first-order valence-corrected chi connectivity index (χ1v) is 23.3. The van der Waals surface area contributed by atoms with Crippen LogP contribution in [0.1, 0.15) is 11.1 Å². The molecule has 5 nitrogen and oxygen atoms in total. The molecule has 0 aliphatic carbocycles. The van der Waals surface area contributed by atoms with Gasteiger partial charge in [-0.25, -0.2) is 4.98 Å². The summed E-state index contributed by atoms with van der Waals surface area (Å²) in [6.45, 7) is 0. The lowest BCUT2D eigenvalue weighted by Crippen LogP contribution is -2.11. The van der Waals surface area contributed by atoms with Gasteiger partial charge in [0, 0.05) is 60.0 Å². The minimum Gasteiger partial charge on any atom is -0.309 e. The van der Waals surface area contributed by atoms with Crippen molar-refractivity contribution in [2.75, 3.05) is 0 Å². The Kier molecular flexibility index (Phi) is 8.84. The molecule has 0 fully saturated rings. The van der Waals surface area contributed by atoms with Gasteiger partial charge in [0.05, 0.1) is 67.1 Å². The normalized spacial score (nSPS) is 12.6. The average molecular weight is 952 g/mol. The summed E-state index contributed by atoms with van der Waals surface area (Å²) < 4.78 is 98.1. The third-order valence-corrected chi connectivity index (χ3v) is 14.2. The monoisotopic (exact) mass is 951 g/mol. The molecule has 0 aliphatic rings. The van der Waals surface area contributed by atoms with E-state index in [1.165, 1.54) is 0 Å². The van der Waals surface area contributed by atoms with Crippen molar-refractivity contribution in [2.24, 2.45) is 0 Å². The third-order valence-electron chi connectivity index (χ3n) is 14.2.